The molecule has 0 fully saturated rings. The van der Waals surface area contributed by atoms with Gasteiger partial charge in [-0.1, -0.05) is 48.0 Å². The highest BCUT2D eigenvalue weighted by atomic mass is 35.5. The normalized spacial score (nSPS) is 14.4. The minimum Gasteiger partial charge on any atom is -0.493 e. The summed E-state index contributed by atoms with van der Waals surface area (Å²) in [5.41, 5.74) is 2.69. The van der Waals surface area contributed by atoms with E-state index in [0.29, 0.717) is 28.7 Å². The Bertz CT molecular complexity index is 1120. The smallest absolute Gasteiger partial charge is 0.363 e. The molecule has 1 heterocycles. The molecule has 6 heteroatoms. The summed E-state index contributed by atoms with van der Waals surface area (Å²) in [5, 5.41) is 0.598. The molecule has 0 N–H and O–H groups in total. The molecule has 0 spiro atoms. The van der Waals surface area contributed by atoms with E-state index in [1.165, 1.54) is 0 Å². The number of nitrogens with zero attached hydrogens (tertiary/aromatic N) is 1. The van der Waals surface area contributed by atoms with Crippen LogP contribution in [0.4, 0.5) is 0 Å². The average Bonchev–Trinajstić information content (AvgIpc) is 3.14. The molecule has 1 aliphatic heterocycles. The number of aliphatic imine (C=N–C) groups is 1. The summed E-state index contributed by atoms with van der Waals surface area (Å²) in [5.74, 6) is 0.914. The standard InChI is InChI=1S/C24H18ClNO4/c1-28-22-14-17(7-12-21(22)29-15-16-5-3-2-4-6-16)13-20-24(27)30-23(26-20)18-8-10-19(25)11-9-18/h2-14H,15H2,1H3/b20-13-. The molecule has 0 saturated carbocycles. The SMILES string of the molecule is COc1cc(/C=C2\N=C(c3ccc(Cl)cc3)OC2=O)ccc1OCc1ccccc1. The second-order valence-corrected chi connectivity index (χ2v) is 6.96. The lowest BCUT2D eigenvalue weighted by Gasteiger charge is -2.11. The van der Waals surface area contributed by atoms with Gasteiger partial charge in [0.25, 0.3) is 0 Å². The fourth-order valence-electron chi connectivity index (χ4n) is 2.91. The monoisotopic (exact) mass is 419 g/mol. The highest BCUT2D eigenvalue weighted by Gasteiger charge is 2.24. The van der Waals surface area contributed by atoms with Gasteiger partial charge in [-0.15, -0.1) is 0 Å². The van der Waals surface area contributed by atoms with Gasteiger partial charge in [-0.05, 0) is 53.6 Å². The molecule has 0 aromatic heterocycles. The van der Waals surface area contributed by atoms with Gasteiger partial charge in [0.1, 0.15) is 6.61 Å². The molecule has 0 saturated heterocycles. The quantitative estimate of drug-likeness (QED) is 0.403. The highest BCUT2D eigenvalue weighted by Crippen LogP contribution is 2.30. The van der Waals surface area contributed by atoms with Crippen LogP contribution in [0.5, 0.6) is 11.5 Å². The molecular formula is C24H18ClNO4. The van der Waals surface area contributed by atoms with E-state index in [1.54, 1.807) is 49.6 Å². The zero-order valence-electron chi connectivity index (χ0n) is 16.2. The number of ether oxygens (including phenoxy) is 3. The molecule has 0 aliphatic carbocycles. The third-order valence-corrected chi connectivity index (χ3v) is 4.69. The van der Waals surface area contributed by atoms with Gasteiger partial charge in [-0.2, -0.15) is 0 Å². The molecule has 30 heavy (non-hydrogen) atoms. The van der Waals surface area contributed by atoms with Crippen molar-refractivity contribution in [2.24, 2.45) is 4.99 Å². The number of cyclic esters (lactones) is 1. The van der Waals surface area contributed by atoms with Crippen LogP contribution in [0.15, 0.2) is 83.5 Å². The first-order valence-electron chi connectivity index (χ1n) is 9.25. The van der Waals surface area contributed by atoms with Crippen LogP contribution < -0.4 is 9.47 Å². The minimum atomic E-state index is -0.511. The second-order valence-electron chi connectivity index (χ2n) is 6.53. The molecule has 0 amide bonds. The predicted molar refractivity (Wildman–Crippen MR) is 116 cm³/mol. The van der Waals surface area contributed by atoms with Crippen molar-refractivity contribution in [1.82, 2.24) is 0 Å². The first-order chi connectivity index (χ1) is 14.6. The second kappa shape index (κ2) is 8.84. The van der Waals surface area contributed by atoms with Gasteiger partial charge in [-0.25, -0.2) is 9.79 Å². The summed E-state index contributed by atoms with van der Waals surface area (Å²) in [7, 11) is 1.57. The van der Waals surface area contributed by atoms with Crippen LogP contribution in [-0.2, 0) is 16.1 Å². The van der Waals surface area contributed by atoms with Crippen LogP contribution in [0.3, 0.4) is 0 Å². The van der Waals surface area contributed by atoms with Crippen LogP contribution in [0.25, 0.3) is 6.08 Å². The van der Waals surface area contributed by atoms with Crippen LogP contribution >= 0.6 is 11.6 Å². The number of halogens is 1. The number of hydrogen-bond acceptors (Lipinski definition) is 5. The van der Waals surface area contributed by atoms with Crippen molar-refractivity contribution in [3.63, 3.8) is 0 Å². The van der Waals surface area contributed by atoms with Crippen molar-refractivity contribution in [2.75, 3.05) is 7.11 Å². The Kier molecular flexibility index (Phi) is 5.82. The molecule has 1 aliphatic rings. The minimum absolute atomic E-state index is 0.208. The van der Waals surface area contributed by atoms with E-state index in [2.05, 4.69) is 4.99 Å². The number of carbonyl (C=O) groups excluding carboxylic acids is 1. The average molecular weight is 420 g/mol. The van der Waals surface area contributed by atoms with E-state index in [0.717, 1.165) is 11.1 Å². The Morgan fingerprint density at radius 3 is 2.50 bits per heavy atom. The maximum absolute atomic E-state index is 12.2. The molecule has 5 nitrogen and oxygen atoms in total. The van der Waals surface area contributed by atoms with Crippen LogP contribution in [0.1, 0.15) is 16.7 Å². The number of rotatable bonds is 6. The van der Waals surface area contributed by atoms with E-state index in [9.17, 15) is 4.79 Å². The van der Waals surface area contributed by atoms with Crippen LogP contribution in [-0.4, -0.2) is 19.0 Å². The first kappa shape index (κ1) is 19.7. The summed E-state index contributed by atoms with van der Waals surface area (Å²) >= 11 is 5.90. The number of carbonyl (C=O) groups is 1. The van der Waals surface area contributed by atoms with Crippen molar-refractivity contribution in [2.45, 2.75) is 6.61 Å². The zero-order chi connectivity index (χ0) is 20.9. The summed E-state index contributed by atoms with van der Waals surface area (Å²) in [4.78, 5) is 16.5. The summed E-state index contributed by atoms with van der Waals surface area (Å²) < 4.78 is 16.6. The van der Waals surface area contributed by atoms with Crippen molar-refractivity contribution < 1.29 is 19.0 Å². The molecule has 4 rings (SSSR count). The van der Waals surface area contributed by atoms with E-state index in [1.807, 2.05) is 36.4 Å². The Hall–Kier alpha value is -3.57. The number of benzene rings is 3. The van der Waals surface area contributed by atoms with Crippen LogP contribution in [0, 0.1) is 0 Å². The number of hydrogen-bond donors (Lipinski definition) is 0. The van der Waals surface area contributed by atoms with E-state index < -0.39 is 5.97 Å². The van der Waals surface area contributed by atoms with Gasteiger partial charge in [-0.3, -0.25) is 0 Å². The van der Waals surface area contributed by atoms with Gasteiger partial charge in [0.05, 0.1) is 7.11 Å². The van der Waals surface area contributed by atoms with Crippen LogP contribution in [0.2, 0.25) is 5.02 Å². The van der Waals surface area contributed by atoms with E-state index in [-0.39, 0.29) is 11.6 Å². The van der Waals surface area contributed by atoms with Gasteiger partial charge >= 0.3 is 5.97 Å². The third kappa shape index (κ3) is 4.53. The van der Waals surface area contributed by atoms with E-state index in [4.69, 9.17) is 25.8 Å². The lowest BCUT2D eigenvalue weighted by molar-refractivity contribution is -0.129. The zero-order valence-corrected chi connectivity index (χ0v) is 16.9. The topological polar surface area (TPSA) is 57.1 Å². The van der Waals surface area contributed by atoms with E-state index >= 15 is 0 Å². The highest BCUT2D eigenvalue weighted by molar-refractivity contribution is 6.30. The van der Waals surface area contributed by atoms with Crippen molar-refractivity contribution in [3.8, 4) is 11.5 Å². The fourth-order valence-corrected chi connectivity index (χ4v) is 3.04. The number of methoxy groups -OCH3 is 1. The fraction of sp³-hybridized carbons (Fsp3) is 0.0833. The van der Waals surface area contributed by atoms with Gasteiger partial charge in [0.15, 0.2) is 17.2 Å². The molecule has 3 aromatic rings. The van der Waals surface area contributed by atoms with Gasteiger partial charge < -0.3 is 14.2 Å². The van der Waals surface area contributed by atoms with Gasteiger partial charge in [0.2, 0.25) is 5.90 Å². The molecule has 3 aromatic carbocycles. The largest absolute Gasteiger partial charge is 0.493 e. The first-order valence-corrected chi connectivity index (χ1v) is 9.63. The number of esters is 1. The predicted octanol–water partition coefficient (Wildman–Crippen LogP) is 5.27. The molecule has 150 valence electrons. The Morgan fingerprint density at radius 1 is 1.00 bits per heavy atom. The van der Waals surface area contributed by atoms with Crippen molar-refractivity contribution >= 4 is 29.5 Å². The molecule has 0 radical (unpaired) electrons. The Balaban J connectivity index is 1.54. The maximum Gasteiger partial charge on any atom is 0.363 e. The molecule has 0 unspecified atom stereocenters. The Labute approximate surface area is 179 Å². The van der Waals surface area contributed by atoms with Crippen molar-refractivity contribution in [3.05, 3.63) is 100 Å². The third-order valence-electron chi connectivity index (χ3n) is 4.44. The van der Waals surface area contributed by atoms with Crippen molar-refractivity contribution in [1.29, 1.82) is 0 Å². The Morgan fingerprint density at radius 2 is 1.77 bits per heavy atom. The molecular weight excluding hydrogens is 402 g/mol. The summed E-state index contributed by atoms with van der Waals surface area (Å²) in [6.45, 7) is 0.429. The lowest BCUT2D eigenvalue weighted by Crippen LogP contribution is -2.05. The molecule has 0 atom stereocenters. The van der Waals surface area contributed by atoms with Gasteiger partial charge in [0, 0.05) is 10.6 Å². The molecule has 0 bridgehead atoms. The maximum atomic E-state index is 12.2. The summed E-state index contributed by atoms with van der Waals surface area (Å²) in [6.07, 6.45) is 1.65. The lowest BCUT2D eigenvalue weighted by atomic mass is 10.1. The summed E-state index contributed by atoms with van der Waals surface area (Å²) in [6, 6.07) is 22.2.